The molecule has 0 aromatic rings. The van der Waals surface area contributed by atoms with E-state index in [0.29, 0.717) is 5.54 Å². The van der Waals surface area contributed by atoms with Crippen molar-refractivity contribution >= 4 is 0 Å². The number of hydrogen-bond acceptors (Lipinski definition) is 2. The molecule has 2 heteroatoms. The van der Waals surface area contributed by atoms with Crippen LogP contribution in [-0.2, 0) is 0 Å². The SMILES string of the molecule is CCC(C)(C)N1CC2CCNC2C1. The Morgan fingerprint density at radius 2 is 2.15 bits per heavy atom. The molecule has 0 amide bonds. The van der Waals surface area contributed by atoms with E-state index in [2.05, 4.69) is 31.0 Å². The van der Waals surface area contributed by atoms with E-state index >= 15 is 0 Å². The standard InChI is InChI=1S/C11H22N2/c1-4-11(2,3)13-7-9-5-6-12-10(9)8-13/h9-10,12H,4-8H2,1-3H3. The van der Waals surface area contributed by atoms with E-state index < -0.39 is 0 Å². The Morgan fingerprint density at radius 1 is 1.38 bits per heavy atom. The Hall–Kier alpha value is -0.0800. The predicted octanol–water partition coefficient (Wildman–Crippen LogP) is 1.47. The molecule has 0 aliphatic carbocycles. The van der Waals surface area contributed by atoms with Gasteiger partial charge in [0.2, 0.25) is 0 Å². The summed E-state index contributed by atoms with van der Waals surface area (Å²) in [6, 6.07) is 0.797. The molecule has 0 bridgehead atoms. The summed E-state index contributed by atoms with van der Waals surface area (Å²) in [5, 5.41) is 3.60. The lowest BCUT2D eigenvalue weighted by atomic mass is 10.00. The molecule has 0 saturated carbocycles. The van der Waals surface area contributed by atoms with E-state index in [-0.39, 0.29) is 0 Å². The zero-order chi connectivity index (χ0) is 9.47. The summed E-state index contributed by atoms with van der Waals surface area (Å²) >= 11 is 0. The molecule has 2 unspecified atom stereocenters. The Bertz CT molecular complexity index is 177. The second-order valence-electron chi connectivity index (χ2n) is 5.18. The summed E-state index contributed by atoms with van der Waals surface area (Å²) in [6.07, 6.45) is 2.65. The van der Waals surface area contributed by atoms with Crippen LogP contribution in [0.1, 0.15) is 33.6 Å². The monoisotopic (exact) mass is 182 g/mol. The van der Waals surface area contributed by atoms with Crippen molar-refractivity contribution in [2.24, 2.45) is 5.92 Å². The van der Waals surface area contributed by atoms with Gasteiger partial charge in [-0.25, -0.2) is 0 Å². The van der Waals surface area contributed by atoms with Crippen molar-refractivity contribution in [2.75, 3.05) is 19.6 Å². The molecule has 0 aromatic heterocycles. The van der Waals surface area contributed by atoms with Crippen LogP contribution in [-0.4, -0.2) is 36.1 Å². The van der Waals surface area contributed by atoms with Gasteiger partial charge < -0.3 is 5.32 Å². The van der Waals surface area contributed by atoms with Gasteiger partial charge in [-0.2, -0.15) is 0 Å². The van der Waals surface area contributed by atoms with Crippen molar-refractivity contribution in [1.29, 1.82) is 0 Å². The molecule has 2 aliphatic rings. The topological polar surface area (TPSA) is 15.3 Å². The smallest absolute Gasteiger partial charge is 0.0236 e. The van der Waals surface area contributed by atoms with Gasteiger partial charge in [0.15, 0.2) is 0 Å². The van der Waals surface area contributed by atoms with Crippen molar-refractivity contribution in [3.8, 4) is 0 Å². The Kier molecular flexibility index (Phi) is 2.37. The summed E-state index contributed by atoms with van der Waals surface area (Å²) in [4.78, 5) is 2.66. The maximum absolute atomic E-state index is 3.60. The molecule has 13 heavy (non-hydrogen) atoms. The van der Waals surface area contributed by atoms with Crippen LogP contribution in [0.25, 0.3) is 0 Å². The van der Waals surface area contributed by atoms with Gasteiger partial charge >= 0.3 is 0 Å². The van der Waals surface area contributed by atoms with Gasteiger partial charge in [0, 0.05) is 24.7 Å². The van der Waals surface area contributed by atoms with Gasteiger partial charge in [0.25, 0.3) is 0 Å². The first-order chi connectivity index (χ1) is 6.13. The molecule has 76 valence electrons. The minimum absolute atomic E-state index is 0.409. The summed E-state index contributed by atoms with van der Waals surface area (Å²) in [5.41, 5.74) is 0.409. The summed E-state index contributed by atoms with van der Waals surface area (Å²) < 4.78 is 0. The zero-order valence-corrected chi connectivity index (χ0v) is 9.14. The van der Waals surface area contributed by atoms with Crippen LogP contribution >= 0.6 is 0 Å². The Labute approximate surface area is 81.7 Å². The molecule has 1 N–H and O–H groups in total. The van der Waals surface area contributed by atoms with Gasteiger partial charge in [0.1, 0.15) is 0 Å². The Balaban J connectivity index is 1.98. The summed E-state index contributed by atoms with van der Waals surface area (Å²) in [6.45, 7) is 10.9. The highest BCUT2D eigenvalue weighted by atomic mass is 15.3. The van der Waals surface area contributed by atoms with E-state index in [9.17, 15) is 0 Å². The molecular weight excluding hydrogens is 160 g/mol. The second-order valence-corrected chi connectivity index (χ2v) is 5.18. The fraction of sp³-hybridized carbons (Fsp3) is 1.00. The van der Waals surface area contributed by atoms with Crippen LogP contribution in [0.2, 0.25) is 0 Å². The zero-order valence-electron chi connectivity index (χ0n) is 9.14. The average molecular weight is 182 g/mol. The third kappa shape index (κ3) is 1.62. The Morgan fingerprint density at radius 3 is 2.77 bits per heavy atom. The highest BCUT2D eigenvalue weighted by Crippen LogP contribution is 2.31. The second kappa shape index (κ2) is 3.25. The molecule has 2 saturated heterocycles. The molecule has 2 nitrogen and oxygen atoms in total. The molecule has 2 aliphatic heterocycles. The number of hydrogen-bond donors (Lipinski definition) is 1. The first-order valence-corrected chi connectivity index (χ1v) is 5.62. The molecule has 2 fully saturated rings. The number of nitrogens with one attached hydrogen (secondary N) is 1. The normalized spacial score (nSPS) is 35.3. The van der Waals surface area contributed by atoms with Gasteiger partial charge in [-0.3, -0.25) is 4.90 Å². The van der Waals surface area contributed by atoms with Crippen LogP contribution in [0, 0.1) is 5.92 Å². The van der Waals surface area contributed by atoms with Crippen LogP contribution < -0.4 is 5.32 Å². The summed E-state index contributed by atoms with van der Waals surface area (Å²) in [5.74, 6) is 0.936. The highest BCUT2D eigenvalue weighted by molar-refractivity contribution is 4.98. The predicted molar refractivity (Wildman–Crippen MR) is 55.8 cm³/mol. The maximum Gasteiger partial charge on any atom is 0.0236 e. The first kappa shape index (κ1) is 9.47. The van der Waals surface area contributed by atoms with Crippen molar-refractivity contribution in [3.05, 3.63) is 0 Å². The van der Waals surface area contributed by atoms with E-state index in [1.54, 1.807) is 0 Å². The third-order valence-corrected chi connectivity index (χ3v) is 4.08. The molecule has 2 rings (SSSR count). The van der Waals surface area contributed by atoms with Crippen LogP contribution in [0.15, 0.2) is 0 Å². The fourth-order valence-corrected chi connectivity index (χ4v) is 2.57. The van der Waals surface area contributed by atoms with Crippen molar-refractivity contribution < 1.29 is 0 Å². The first-order valence-electron chi connectivity index (χ1n) is 5.62. The summed E-state index contributed by atoms with van der Waals surface area (Å²) in [7, 11) is 0. The largest absolute Gasteiger partial charge is 0.312 e. The molecule has 0 aromatic carbocycles. The van der Waals surface area contributed by atoms with Crippen LogP contribution in [0.5, 0.6) is 0 Å². The minimum Gasteiger partial charge on any atom is -0.312 e. The molecular formula is C11H22N2. The maximum atomic E-state index is 3.60. The number of rotatable bonds is 2. The number of fused-ring (bicyclic) bond motifs is 1. The van der Waals surface area contributed by atoms with E-state index in [1.807, 2.05) is 0 Å². The lowest BCUT2D eigenvalue weighted by Crippen LogP contribution is -2.43. The van der Waals surface area contributed by atoms with Gasteiger partial charge in [-0.15, -0.1) is 0 Å². The van der Waals surface area contributed by atoms with Crippen molar-refractivity contribution in [3.63, 3.8) is 0 Å². The van der Waals surface area contributed by atoms with Crippen molar-refractivity contribution in [2.45, 2.75) is 45.2 Å². The highest BCUT2D eigenvalue weighted by Gasteiger charge is 2.40. The lowest BCUT2D eigenvalue weighted by molar-refractivity contribution is 0.139. The molecule has 2 atom stereocenters. The van der Waals surface area contributed by atoms with E-state index in [1.165, 1.54) is 32.5 Å². The third-order valence-electron chi connectivity index (χ3n) is 4.08. The quantitative estimate of drug-likeness (QED) is 0.695. The number of likely N-dealkylation sites (tertiary alicyclic amines) is 1. The molecule has 0 radical (unpaired) electrons. The molecule has 0 spiro atoms. The fourth-order valence-electron chi connectivity index (χ4n) is 2.57. The van der Waals surface area contributed by atoms with Crippen LogP contribution in [0.3, 0.4) is 0 Å². The van der Waals surface area contributed by atoms with E-state index in [0.717, 1.165) is 12.0 Å². The lowest BCUT2D eigenvalue weighted by Gasteiger charge is -2.35. The van der Waals surface area contributed by atoms with Crippen LogP contribution in [0.4, 0.5) is 0 Å². The van der Waals surface area contributed by atoms with Gasteiger partial charge in [-0.1, -0.05) is 6.92 Å². The average Bonchev–Trinajstić information content (AvgIpc) is 2.61. The van der Waals surface area contributed by atoms with Gasteiger partial charge in [-0.05, 0) is 39.2 Å². The van der Waals surface area contributed by atoms with E-state index in [4.69, 9.17) is 0 Å². The van der Waals surface area contributed by atoms with Gasteiger partial charge in [0.05, 0.1) is 0 Å². The minimum atomic E-state index is 0.409. The number of nitrogens with zero attached hydrogens (tertiary/aromatic N) is 1. The molecule has 2 heterocycles. The van der Waals surface area contributed by atoms with Crippen molar-refractivity contribution in [1.82, 2.24) is 10.2 Å².